The van der Waals surface area contributed by atoms with Gasteiger partial charge in [-0.05, 0) is 47.2 Å². The first-order valence-corrected chi connectivity index (χ1v) is 9.39. The second-order valence-electron chi connectivity index (χ2n) is 5.95. The molecule has 2 heterocycles. The summed E-state index contributed by atoms with van der Waals surface area (Å²) in [5.74, 6) is 0.659. The monoisotopic (exact) mass is 388 g/mol. The lowest BCUT2D eigenvalue weighted by Gasteiger charge is -2.10. The number of carbonyl (C=O) groups is 1. The summed E-state index contributed by atoms with van der Waals surface area (Å²) >= 11 is 1.09. The van der Waals surface area contributed by atoms with Crippen LogP contribution in [0.2, 0.25) is 0 Å². The number of rotatable bonds is 5. The Morgan fingerprint density at radius 2 is 1.71 bits per heavy atom. The molecule has 138 valence electrons. The molecule has 0 saturated carbocycles. The first-order valence-electron chi connectivity index (χ1n) is 8.57. The van der Waals surface area contributed by atoms with Crippen LogP contribution in [0.15, 0.2) is 78.0 Å². The zero-order valence-corrected chi connectivity index (χ0v) is 15.6. The molecule has 1 amide bonds. The summed E-state index contributed by atoms with van der Waals surface area (Å²) in [4.78, 5) is 22.4. The molecule has 1 aliphatic heterocycles. The SMILES string of the molecule is N=C1S/C(=C\c2ccc(OCc3ccccc3)cc2)C(=O)N1c1ncccn1. The van der Waals surface area contributed by atoms with Crippen molar-refractivity contribution in [2.24, 2.45) is 0 Å². The molecule has 0 unspecified atom stereocenters. The lowest BCUT2D eigenvalue weighted by molar-refractivity contribution is -0.113. The Labute approximate surface area is 166 Å². The Bertz CT molecular complexity index is 1020. The minimum atomic E-state index is -0.300. The van der Waals surface area contributed by atoms with Crippen molar-refractivity contribution in [1.29, 1.82) is 5.41 Å². The average Bonchev–Trinajstić information content (AvgIpc) is 3.02. The van der Waals surface area contributed by atoms with Crippen LogP contribution in [0.4, 0.5) is 5.95 Å². The highest BCUT2D eigenvalue weighted by Gasteiger charge is 2.35. The van der Waals surface area contributed by atoms with Crippen LogP contribution in [0.1, 0.15) is 11.1 Å². The fourth-order valence-electron chi connectivity index (χ4n) is 2.63. The van der Waals surface area contributed by atoms with Crippen LogP contribution in [0.5, 0.6) is 5.75 Å². The van der Waals surface area contributed by atoms with Crippen molar-refractivity contribution in [3.05, 3.63) is 89.1 Å². The third-order valence-corrected chi connectivity index (χ3v) is 4.89. The van der Waals surface area contributed by atoms with Gasteiger partial charge in [0.1, 0.15) is 12.4 Å². The number of amides is 1. The van der Waals surface area contributed by atoms with E-state index in [-0.39, 0.29) is 17.0 Å². The third-order valence-electron chi connectivity index (χ3n) is 4.00. The van der Waals surface area contributed by atoms with E-state index in [2.05, 4.69) is 9.97 Å². The molecular formula is C21H16N4O2S. The van der Waals surface area contributed by atoms with E-state index in [0.29, 0.717) is 11.5 Å². The van der Waals surface area contributed by atoms with Crippen molar-refractivity contribution < 1.29 is 9.53 Å². The zero-order valence-electron chi connectivity index (χ0n) is 14.8. The minimum absolute atomic E-state index is 0.0882. The molecule has 1 saturated heterocycles. The van der Waals surface area contributed by atoms with Crippen molar-refractivity contribution in [2.45, 2.75) is 6.61 Å². The lowest BCUT2D eigenvalue weighted by Crippen LogP contribution is -2.29. The molecule has 1 aromatic heterocycles. The van der Waals surface area contributed by atoms with Crippen molar-refractivity contribution in [1.82, 2.24) is 9.97 Å². The van der Waals surface area contributed by atoms with Crippen LogP contribution >= 0.6 is 11.8 Å². The molecular weight excluding hydrogens is 372 g/mol. The Balaban J connectivity index is 1.45. The molecule has 2 aromatic carbocycles. The summed E-state index contributed by atoms with van der Waals surface area (Å²) in [5.41, 5.74) is 1.95. The molecule has 6 nitrogen and oxygen atoms in total. The standard InChI is InChI=1S/C21H16N4O2S/c22-20-25(21-23-11-4-12-24-21)19(26)18(28-20)13-15-7-9-17(10-8-15)27-14-16-5-2-1-3-6-16/h1-13,22H,14H2/b18-13-,22-20?. The Hall–Kier alpha value is -3.45. The Morgan fingerprint density at radius 3 is 2.43 bits per heavy atom. The van der Waals surface area contributed by atoms with Crippen LogP contribution in [0, 0.1) is 5.41 Å². The summed E-state index contributed by atoms with van der Waals surface area (Å²) in [6, 6.07) is 19.1. The number of benzene rings is 2. The summed E-state index contributed by atoms with van der Waals surface area (Å²) in [6.45, 7) is 0.499. The lowest BCUT2D eigenvalue weighted by atomic mass is 10.2. The summed E-state index contributed by atoms with van der Waals surface area (Å²) in [7, 11) is 0. The van der Waals surface area contributed by atoms with Crippen LogP contribution in [0.25, 0.3) is 6.08 Å². The maximum atomic E-state index is 12.6. The van der Waals surface area contributed by atoms with Crippen LogP contribution in [-0.2, 0) is 11.4 Å². The van der Waals surface area contributed by atoms with Crippen molar-refractivity contribution in [2.75, 3.05) is 4.90 Å². The number of thioether (sulfide) groups is 1. The van der Waals surface area contributed by atoms with Crippen molar-refractivity contribution in [3.8, 4) is 5.75 Å². The number of aromatic nitrogens is 2. The predicted molar refractivity (Wildman–Crippen MR) is 110 cm³/mol. The van der Waals surface area contributed by atoms with E-state index in [1.807, 2.05) is 54.6 Å². The minimum Gasteiger partial charge on any atom is -0.489 e. The van der Waals surface area contributed by atoms with E-state index in [4.69, 9.17) is 10.1 Å². The number of nitrogens with zero attached hydrogens (tertiary/aromatic N) is 3. The molecule has 1 aliphatic rings. The maximum absolute atomic E-state index is 12.6. The molecule has 0 radical (unpaired) electrons. The van der Waals surface area contributed by atoms with E-state index in [1.165, 1.54) is 4.90 Å². The summed E-state index contributed by atoms with van der Waals surface area (Å²) in [5, 5.41) is 8.16. The molecule has 0 bridgehead atoms. The Morgan fingerprint density at radius 1 is 1.00 bits per heavy atom. The van der Waals surface area contributed by atoms with Gasteiger partial charge in [-0.1, -0.05) is 42.5 Å². The van der Waals surface area contributed by atoms with Gasteiger partial charge in [0.25, 0.3) is 5.91 Å². The van der Waals surface area contributed by atoms with Gasteiger partial charge in [-0.2, -0.15) is 0 Å². The Kier molecular flexibility index (Phi) is 5.16. The summed E-state index contributed by atoms with van der Waals surface area (Å²) in [6.07, 6.45) is 4.85. The number of amidine groups is 1. The molecule has 0 aliphatic carbocycles. The largest absolute Gasteiger partial charge is 0.489 e. The van der Waals surface area contributed by atoms with E-state index in [0.717, 1.165) is 28.6 Å². The average molecular weight is 388 g/mol. The van der Waals surface area contributed by atoms with E-state index >= 15 is 0 Å². The number of ether oxygens (including phenoxy) is 1. The topological polar surface area (TPSA) is 79.2 Å². The fraction of sp³-hybridized carbons (Fsp3) is 0.0476. The predicted octanol–water partition coefficient (Wildman–Crippen LogP) is 4.11. The van der Waals surface area contributed by atoms with Gasteiger partial charge in [0.15, 0.2) is 5.17 Å². The quantitative estimate of drug-likeness (QED) is 0.666. The molecule has 1 fully saturated rings. The van der Waals surface area contributed by atoms with Gasteiger partial charge < -0.3 is 4.74 Å². The van der Waals surface area contributed by atoms with Crippen LogP contribution in [0.3, 0.4) is 0 Å². The van der Waals surface area contributed by atoms with Gasteiger partial charge >= 0.3 is 0 Å². The highest BCUT2D eigenvalue weighted by Crippen LogP contribution is 2.33. The number of anilines is 1. The normalized spacial score (nSPS) is 15.3. The first-order chi connectivity index (χ1) is 13.7. The zero-order chi connectivity index (χ0) is 19.3. The van der Waals surface area contributed by atoms with Gasteiger partial charge in [0.2, 0.25) is 5.95 Å². The van der Waals surface area contributed by atoms with Gasteiger partial charge in [-0.15, -0.1) is 0 Å². The number of hydrogen-bond donors (Lipinski definition) is 1. The van der Waals surface area contributed by atoms with Gasteiger partial charge in [-0.3, -0.25) is 10.2 Å². The van der Waals surface area contributed by atoms with E-state index < -0.39 is 0 Å². The molecule has 0 atom stereocenters. The highest BCUT2D eigenvalue weighted by atomic mass is 32.2. The molecule has 0 spiro atoms. The van der Waals surface area contributed by atoms with Crippen molar-refractivity contribution >= 4 is 34.9 Å². The van der Waals surface area contributed by atoms with Crippen LogP contribution < -0.4 is 9.64 Å². The van der Waals surface area contributed by atoms with E-state index in [1.54, 1.807) is 24.5 Å². The smallest absolute Gasteiger partial charge is 0.273 e. The van der Waals surface area contributed by atoms with Crippen LogP contribution in [-0.4, -0.2) is 21.0 Å². The van der Waals surface area contributed by atoms with E-state index in [9.17, 15) is 4.79 Å². The second kappa shape index (κ2) is 8.06. The number of nitrogens with one attached hydrogen (secondary N) is 1. The fourth-order valence-corrected chi connectivity index (χ4v) is 3.47. The summed E-state index contributed by atoms with van der Waals surface area (Å²) < 4.78 is 5.78. The van der Waals surface area contributed by atoms with Gasteiger partial charge in [0.05, 0.1) is 4.91 Å². The molecule has 7 heteroatoms. The third kappa shape index (κ3) is 3.94. The molecule has 1 N–H and O–H groups in total. The first kappa shape index (κ1) is 17.9. The molecule has 3 aromatic rings. The molecule has 28 heavy (non-hydrogen) atoms. The second-order valence-corrected chi connectivity index (χ2v) is 6.98. The molecule has 4 rings (SSSR count). The number of carbonyl (C=O) groups excluding carboxylic acids is 1. The maximum Gasteiger partial charge on any atom is 0.273 e. The van der Waals surface area contributed by atoms with Gasteiger partial charge in [0, 0.05) is 12.4 Å². The van der Waals surface area contributed by atoms with Gasteiger partial charge in [-0.25, -0.2) is 14.9 Å². The van der Waals surface area contributed by atoms with Crippen molar-refractivity contribution in [3.63, 3.8) is 0 Å². The highest BCUT2D eigenvalue weighted by molar-refractivity contribution is 8.19. The number of hydrogen-bond acceptors (Lipinski definition) is 6.